The Morgan fingerprint density at radius 3 is 2.32 bits per heavy atom. The zero-order valence-electron chi connectivity index (χ0n) is 29.1. The lowest BCUT2D eigenvalue weighted by Gasteiger charge is -2.37. The molecule has 3 aromatic carbocycles. The Hall–Kier alpha value is -3.78. The zero-order chi connectivity index (χ0) is 36.5. The fourth-order valence-electron chi connectivity index (χ4n) is 6.61. The first-order chi connectivity index (χ1) is 23.9. The molecule has 1 heterocycles. The van der Waals surface area contributed by atoms with Crippen LogP contribution >= 0.6 is 11.8 Å². The SMILES string of the molecule is CCCCC1(CCC)CN(c2ccccc2)c2cc(SC)c(OCC(=O)N[C@H](c3ccc(O)cc3)C(O)N[C@@H](CC)C(=O)O)cc2S(=O)(=O)C1. The summed E-state index contributed by atoms with van der Waals surface area (Å²) < 4.78 is 34.6. The van der Waals surface area contributed by atoms with Crippen molar-refractivity contribution < 1.29 is 38.1 Å². The van der Waals surface area contributed by atoms with E-state index in [1.165, 1.54) is 42.1 Å². The number of thioether (sulfide) groups is 1. The average Bonchev–Trinajstić information content (AvgIpc) is 3.19. The summed E-state index contributed by atoms with van der Waals surface area (Å²) in [6.07, 6.45) is 4.80. The number of carboxylic acid groups (broad SMARTS) is 1. The topological polar surface area (TPSA) is 165 Å². The molecule has 0 radical (unpaired) electrons. The summed E-state index contributed by atoms with van der Waals surface area (Å²) in [5.74, 6) is -1.58. The number of carbonyl (C=O) groups is 2. The van der Waals surface area contributed by atoms with Crippen molar-refractivity contribution in [1.29, 1.82) is 0 Å². The number of unbranched alkanes of at least 4 members (excludes halogenated alkanes) is 1. The second-order valence-electron chi connectivity index (χ2n) is 12.8. The monoisotopic (exact) mass is 727 g/mol. The number of nitrogens with one attached hydrogen (secondary N) is 2. The number of anilines is 2. The number of phenolic OH excluding ortho intramolecular Hbond substituents is 1. The van der Waals surface area contributed by atoms with Gasteiger partial charge in [-0.05, 0) is 61.4 Å². The maximum absolute atomic E-state index is 14.3. The van der Waals surface area contributed by atoms with Crippen molar-refractivity contribution >= 4 is 44.9 Å². The lowest BCUT2D eigenvalue weighted by atomic mass is 9.79. The van der Waals surface area contributed by atoms with Crippen molar-refractivity contribution in [3.8, 4) is 11.5 Å². The molecule has 13 heteroatoms. The molecule has 1 amide bonds. The number of para-hydroxylation sites is 1. The van der Waals surface area contributed by atoms with Gasteiger partial charge in [-0.15, -0.1) is 11.8 Å². The summed E-state index contributed by atoms with van der Waals surface area (Å²) in [7, 11) is -3.80. The van der Waals surface area contributed by atoms with Gasteiger partial charge < -0.3 is 30.3 Å². The van der Waals surface area contributed by atoms with Crippen molar-refractivity contribution in [2.45, 2.75) is 87.4 Å². The third kappa shape index (κ3) is 9.51. The number of benzene rings is 3. The van der Waals surface area contributed by atoms with Crippen molar-refractivity contribution in [1.82, 2.24) is 10.6 Å². The number of rotatable bonds is 17. The minimum absolute atomic E-state index is 0.00297. The van der Waals surface area contributed by atoms with Gasteiger partial charge in [0.2, 0.25) is 0 Å². The van der Waals surface area contributed by atoms with Crippen molar-refractivity contribution in [2.24, 2.45) is 5.41 Å². The Bertz CT molecular complexity index is 1710. The number of nitrogens with zero attached hydrogens (tertiary/aromatic N) is 1. The number of carbonyl (C=O) groups excluding carboxylic acids is 1. The van der Waals surface area contributed by atoms with Crippen molar-refractivity contribution in [2.75, 3.05) is 30.1 Å². The lowest BCUT2D eigenvalue weighted by molar-refractivity contribution is -0.140. The highest BCUT2D eigenvalue weighted by Crippen LogP contribution is 2.47. The van der Waals surface area contributed by atoms with E-state index < -0.39 is 52.0 Å². The Kier molecular flexibility index (Phi) is 13.6. The third-order valence-electron chi connectivity index (χ3n) is 9.09. The molecule has 0 fully saturated rings. The summed E-state index contributed by atoms with van der Waals surface area (Å²) in [6.45, 7) is 5.88. The van der Waals surface area contributed by atoms with Crippen LogP contribution in [0.2, 0.25) is 0 Å². The van der Waals surface area contributed by atoms with Crippen LogP contribution in [0.3, 0.4) is 0 Å². The van der Waals surface area contributed by atoms with Crippen LogP contribution in [0.25, 0.3) is 0 Å². The van der Waals surface area contributed by atoms with Crippen LogP contribution in [-0.4, -0.2) is 73.0 Å². The summed E-state index contributed by atoms with van der Waals surface area (Å²) >= 11 is 1.37. The predicted octanol–water partition coefficient (Wildman–Crippen LogP) is 6.02. The molecular weight excluding hydrogens is 679 g/mol. The van der Waals surface area contributed by atoms with E-state index in [4.69, 9.17) is 4.74 Å². The normalized spacial score (nSPS) is 18.7. The number of hydrogen-bond acceptors (Lipinski definition) is 10. The molecule has 50 heavy (non-hydrogen) atoms. The van der Waals surface area contributed by atoms with E-state index in [0.717, 1.165) is 37.8 Å². The molecule has 4 rings (SSSR count). The van der Waals surface area contributed by atoms with Gasteiger partial charge in [-0.25, -0.2) is 8.42 Å². The minimum atomic E-state index is -3.80. The fourth-order valence-corrected chi connectivity index (χ4v) is 9.27. The van der Waals surface area contributed by atoms with E-state index in [2.05, 4.69) is 29.4 Å². The van der Waals surface area contributed by atoms with Gasteiger partial charge in [0.25, 0.3) is 5.91 Å². The molecule has 272 valence electrons. The number of aromatic hydroxyl groups is 1. The highest BCUT2D eigenvalue weighted by Gasteiger charge is 2.42. The van der Waals surface area contributed by atoms with Crippen molar-refractivity contribution in [3.05, 3.63) is 72.3 Å². The van der Waals surface area contributed by atoms with E-state index in [1.54, 1.807) is 6.92 Å². The molecule has 2 unspecified atom stereocenters. The van der Waals surface area contributed by atoms with Gasteiger partial charge in [0.05, 0.1) is 27.3 Å². The number of aliphatic hydroxyl groups is 1. The van der Waals surface area contributed by atoms with Gasteiger partial charge in [-0.3, -0.25) is 14.9 Å². The van der Waals surface area contributed by atoms with Crippen LogP contribution in [-0.2, 0) is 19.4 Å². The summed E-state index contributed by atoms with van der Waals surface area (Å²) in [4.78, 5) is 27.9. The number of sulfone groups is 1. The van der Waals surface area contributed by atoms with Gasteiger partial charge in [0.15, 0.2) is 16.4 Å². The Labute approximate surface area is 299 Å². The first kappa shape index (κ1) is 39.0. The van der Waals surface area contributed by atoms with Gasteiger partial charge in [-0.1, -0.05) is 70.4 Å². The van der Waals surface area contributed by atoms with E-state index >= 15 is 0 Å². The maximum atomic E-state index is 14.3. The van der Waals surface area contributed by atoms with Crippen LogP contribution in [0.1, 0.15) is 70.9 Å². The number of fused-ring (bicyclic) bond motifs is 1. The third-order valence-corrected chi connectivity index (χ3v) is 11.8. The van der Waals surface area contributed by atoms with E-state index in [-0.39, 0.29) is 28.6 Å². The molecule has 0 saturated carbocycles. The largest absolute Gasteiger partial charge is 0.508 e. The summed E-state index contributed by atoms with van der Waals surface area (Å²) in [5, 5.41) is 35.6. The Morgan fingerprint density at radius 1 is 1.02 bits per heavy atom. The van der Waals surface area contributed by atoms with Crippen LogP contribution in [0.4, 0.5) is 11.4 Å². The number of ether oxygens (including phenoxy) is 1. The smallest absolute Gasteiger partial charge is 0.320 e. The molecule has 4 atom stereocenters. The molecule has 0 spiro atoms. The number of hydrogen-bond donors (Lipinski definition) is 5. The molecule has 0 saturated heterocycles. The fraction of sp³-hybridized carbons (Fsp3) is 0.459. The Morgan fingerprint density at radius 2 is 1.72 bits per heavy atom. The van der Waals surface area contributed by atoms with Gasteiger partial charge in [0.1, 0.15) is 23.8 Å². The molecule has 5 N–H and O–H groups in total. The maximum Gasteiger partial charge on any atom is 0.320 e. The number of aliphatic carboxylic acids is 1. The number of carboxylic acids is 1. The van der Waals surface area contributed by atoms with E-state index in [1.807, 2.05) is 42.7 Å². The Balaban J connectivity index is 1.67. The summed E-state index contributed by atoms with van der Waals surface area (Å²) in [6, 6.07) is 16.8. The van der Waals surface area contributed by atoms with E-state index in [0.29, 0.717) is 22.7 Å². The van der Waals surface area contributed by atoms with Crippen LogP contribution in [0, 0.1) is 5.41 Å². The molecule has 3 aromatic rings. The number of aliphatic hydroxyl groups excluding tert-OH is 1. The minimum Gasteiger partial charge on any atom is -0.508 e. The molecule has 1 aliphatic heterocycles. The van der Waals surface area contributed by atoms with Crippen LogP contribution in [0.5, 0.6) is 11.5 Å². The quantitative estimate of drug-likeness (QED) is 0.0815. The standard InChI is InChI=1S/C37H49N3O8S2/c1-5-8-19-37(18-6-2)23-40(26-12-10-9-11-13-26)29-20-31(49-4)30(21-32(29)50(46,47)24-37)48-22-33(42)39-34(25-14-16-27(41)17-15-25)35(43)38-28(7-3)36(44)45/h9-17,20-21,28,34-35,38,41,43H,5-8,18-19,22-24H2,1-4H3,(H,39,42)(H,44,45)/t28-,34+,35?,37?/m0/s1. The zero-order valence-corrected chi connectivity index (χ0v) is 30.7. The molecule has 0 aromatic heterocycles. The average molecular weight is 728 g/mol. The molecule has 0 aliphatic carbocycles. The van der Waals surface area contributed by atoms with Gasteiger partial charge >= 0.3 is 5.97 Å². The molecule has 0 bridgehead atoms. The molecule has 1 aliphatic rings. The lowest BCUT2D eigenvalue weighted by Crippen LogP contribution is -2.50. The first-order valence-corrected chi connectivity index (χ1v) is 19.9. The molecular formula is C37H49N3O8S2. The number of amides is 1. The van der Waals surface area contributed by atoms with Crippen molar-refractivity contribution in [3.63, 3.8) is 0 Å². The highest BCUT2D eigenvalue weighted by atomic mass is 32.2. The van der Waals surface area contributed by atoms with Crippen LogP contribution < -0.4 is 20.3 Å². The van der Waals surface area contributed by atoms with Crippen LogP contribution in [0.15, 0.2) is 76.5 Å². The molecule has 11 nitrogen and oxygen atoms in total. The summed E-state index contributed by atoms with van der Waals surface area (Å²) in [5.41, 5.74) is 1.41. The second-order valence-corrected chi connectivity index (χ2v) is 15.6. The highest BCUT2D eigenvalue weighted by molar-refractivity contribution is 7.98. The van der Waals surface area contributed by atoms with Gasteiger partial charge in [0, 0.05) is 23.7 Å². The predicted molar refractivity (Wildman–Crippen MR) is 196 cm³/mol. The number of phenols is 1. The second kappa shape index (κ2) is 17.4. The van der Waals surface area contributed by atoms with Gasteiger partial charge in [-0.2, -0.15) is 0 Å². The first-order valence-electron chi connectivity index (χ1n) is 17.0. The van der Waals surface area contributed by atoms with E-state index in [9.17, 15) is 33.3 Å².